The van der Waals surface area contributed by atoms with Gasteiger partial charge >= 0.3 is 0 Å². The zero-order valence-corrected chi connectivity index (χ0v) is 30.7. The molecule has 0 N–H and O–H groups in total. The van der Waals surface area contributed by atoms with Crippen LogP contribution in [0.1, 0.15) is 66.8 Å². The minimum atomic E-state index is 0.859. The fourth-order valence-electron chi connectivity index (χ4n) is 6.03. The van der Waals surface area contributed by atoms with Crippen molar-refractivity contribution in [2.24, 2.45) is 0 Å². The van der Waals surface area contributed by atoms with Gasteiger partial charge in [-0.25, -0.2) is 0 Å². The summed E-state index contributed by atoms with van der Waals surface area (Å²) in [6.45, 7) is 8.62. The monoisotopic (exact) mass is 680 g/mol. The van der Waals surface area contributed by atoms with Crippen LogP contribution < -0.4 is 9.47 Å². The molecule has 6 rings (SSSR count). The van der Waals surface area contributed by atoms with Gasteiger partial charge in [0.2, 0.25) is 0 Å². The molecule has 0 aliphatic heterocycles. The van der Waals surface area contributed by atoms with Crippen molar-refractivity contribution in [2.75, 3.05) is 14.2 Å². The predicted molar refractivity (Wildman–Crippen MR) is 221 cm³/mol. The van der Waals surface area contributed by atoms with Crippen molar-refractivity contribution in [1.82, 2.24) is 9.97 Å². The molecule has 0 spiro atoms. The molecular formula is C48H44N2O2. The van der Waals surface area contributed by atoms with Crippen LogP contribution in [0, 0.1) is 27.7 Å². The molecule has 0 saturated carbocycles. The van der Waals surface area contributed by atoms with E-state index in [1.54, 1.807) is 14.2 Å². The topological polar surface area (TPSA) is 44.2 Å². The van der Waals surface area contributed by atoms with E-state index in [4.69, 9.17) is 9.47 Å². The first kappa shape index (κ1) is 35.6. The third-order valence-corrected chi connectivity index (χ3v) is 9.21. The smallest absolute Gasteiger partial charge is 0.118 e. The van der Waals surface area contributed by atoms with Crippen LogP contribution in [-0.2, 0) is 0 Å². The van der Waals surface area contributed by atoms with E-state index in [1.807, 2.05) is 49.1 Å². The molecule has 0 fully saturated rings. The van der Waals surface area contributed by atoms with Gasteiger partial charge in [-0.2, -0.15) is 0 Å². The molecule has 0 aliphatic rings. The largest absolute Gasteiger partial charge is 0.497 e. The molecule has 0 unspecified atom stereocenters. The average molecular weight is 681 g/mol. The van der Waals surface area contributed by atoms with Crippen molar-refractivity contribution in [1.29, 1.82) is 0 Å². The standard InChI is InChI=1S/C48H44N2O2/c1-33-25-43(35(3)23-41(33)15-7-37-11-19-47(51-5)20-12-37)17-9-39-27-45(31-49-29-39)46-28-40(30-50-32-46)10-18-44-26-34(2)42(24-36(44)4)16-8-38-13-21-48(52-6)22-14-38/h7-32H,1-6H3/b15-7+,16-8+,17-9+,18-10+. The second-order valence-corrected chi connectivity index (χ2v) is 13.0. The van der Waals surface area contributed by atoms with E-state index >= 15 is 0 Å². The number of hydrogen-bond acceptors (Lipinski definition) is 4. The Balaban J connectivity index is 1.14. The van der Waals surface area contributed by atoms with Gasteiger partial charge in [-0.1, -0.05) is 97.1 Å². The maximum atomic E-state index is 5.28. The molecular weight excluding hydrogens is 637 g/mol. The first-order chi connectivity index (χ1) is 25.3. The highest BCUT2D eigenvalue weighted by Crippen LogP contribution is 2.26. The van der Waals surface area contributed by atoms with E-state index in [9.17, 15) is 0 Å². The quantitative estimate of drug-likeness (QED) is 0.128. The first-order valence-corrected chi connectivity index (χ1v) is 17.4. The maximum absolute atomic E-state index is 5.28. The Morgan fingerprint density at radius 3 is 0.981 bits per heavy atom. The van der Waals surface area contributed by atoms with Crippen LogP contribution in [-0.4, -0.2) is 24.2 Å². The van der Waals surface area contributed by atoms with Gasteiger partial charge in [0, 0.05) is 35.9 Å². The lowest BCUT2D eigenvalue weighted by Crippen LogP contribution is -1.89. The highest BCUT2D eigenvalue weighted by molar-refractivity contribution is 5.79. The van der Waals surface area contributed by atoms with Crippen molar-refractivity contribution in [3.05, 3.63) is 176 Å². The van der Waals surface area contributed by atoms with Crippen LogP contribution >= 0.6 is 0 Å². The molecule has 52 heavy (non-hydrogen) atoms. The molecule has 0 amide bonds. The second kappa shape index (κ2) is 16.6. The number of benzene rings is 4. The van der Waals surface area contributed by atoms with E-state index in [2.05, 4.69) is 147 Å². The normalized spacial score (nSPS) is 11.7. The van der Waals surface area contributed by atoms with Crippen LogP contribution in [0.2, 0.25) is 0 Å². The van der Waals surface area contributed by atoms with E-state index in [-0.39, 0.29) is 0 Å². The lowest BCUT2D eigenvalue weighted by atomic mass is 9.98. The summed E-state index contributed by atoms with van der Waals surface area (Å²) in [5, 5.41) is 0. The van der Waals surface area contributed by atoms with Gasteiger partial charge in [-0.3, -0.25) is 9.97 Å². The molecule has 2 heterocycles. The van der Waals surface area contributed by atoms with Gasteiger partial charge < -0.3 is 9.47 Å². The summed E-state index contributed by atoms with van der Waals surface area (Å²) in [7, 11) is 3.37. The summed E-state index contributed by atoms with van der Waals surface area (Å²) in [5.74, 6) is 1.72. The van der Waals surface area contributed by atoms with E-state index < -0.39 is 0 Å². The number of pyridine rings is 2. The van der Waals surface area contributed by atoms with E-state index in [1.165, 1.54) is 44.5 Å². The van der Waals surface area contributed by atoms with Gasteiger partial charge in [0.15, 0.2) is 0 Å². The molecule has 2 aromatic heterocycles. The van der Waals surface area contributed by atoms with Gasteiger partial charge in [-0.05, 0) is 131 Å². The van der Waals surface area contributed by atoms with E-state index in [0.29, 0.717) is 0 Å². The van der Waals surface area contributed by atoms with Gasteiger partial charge in [0.1, 0.15) is 11.5 Å². The van der Waals surface area contributed by atoms with Gasteiger partial charge in [-0.15, -0.1) is 0 Å². The predicted octanol–water partition coefficient (Wildman–Crippen LogP) is 12.1. The summed E-state index contributed by atoms with van der Waals surface area (Å²) in [6.07, 6.45) is 24.8. The Morgan fingerprint density at radius 2 is 0.673 bits per heavy atom. The summed E-state index contributed by atoms with van der Waals surface area (Å²) < 4.78 is 10.6. The second-order valence-electron chi connectivity index (χ2n) is 13.0. The molecule has 6 aromatic rings. The van der Waals surface area contributed by atoms with Crippen molar-refractivity contribution < 1.29 is 9.47 Å². The number of hydrogen-bond donors (Lipinski definition) is 0. The van der Waals surface area contributed by atoms with Crippen molar-refractivity contribution in [2.45, 2.75) is 27.7 Å². The molecule has 4 nitrogen and oxygen atoms in total. The summed E-state index contributed by atoms with van der Waals surface area (Å²) >= 11 is 0. The van der Waals surface area contributed by atoms with Crippen LogP contribution in [0.3, 0.4) is 0 Å². The number of aromatic nitrogens is 2. The summed E-state index contributed by atoms with van der Waals surface area (Å²) in [5.41, 5.74) is 16.0. The molecule has 4 heteroatoms. The van der Waals surface area contributed by atoms with Crippen LogP contribution in [0.15, 0.2) is 110 Å². The molecule has 258 valence electrons. The first-order valence-electron chi connectivity index (χ1n) is 17.4. The highest BCUT2D eigenvalue weighted by atomic mass is 16.5. The average Bonchev–Trinajstić information content (AvgIpc) is 3.17. The zero-order chi connectivity index (χ0) is 36.5. The van der Waals surface area contributed by atoms with E-state index in [0.717, 1.165) is 44.9 Å². The summed E-state index contributed by atoms with van der Waals surface area (Å²) in [4.78, 5) is 9.12. The fraction of sp³-hybridized carbons (Fsp3) is 0.125. The zero-order valence-electron chi connectivity index (χ0n) is 30.7. The van der Waals surface area contributed by atoms with Crippen molar-refractivity contribution in [3.63, 3.8) is 0 Å². The third-order valence-electron chi connectivity index (χ3n) is 9.21. The van der Waals surface area contributed by atoms with Crippen LogP contribution in [0.4, 0.5) is 0 Å². The number of ether oxygens (including phenoxy) is 2. The minimum absolute atomic E-state index is 0.859. The van der Waals surface area contributed by atoms with Gasteiger partial charge in [0.25, 0.3) is 0 Å². The Hall–Kier alpha value is -6.26. The Morgan fingerprint density at radius 1 is 0.365 bits per heavy atom. The number of aryl methyl sites for hydroxylation is 4. The van der Waals surface area contributed by atoms with Crippen molar-refractivity contribution in [3.8, 4) is 22.6 Å². The van der Waals surface area contributed by atoms with Crippen LogP contribution in [0.25, 0.3) is 59.7 Å². The minimum Gasteiger partial charge on any atom is -0.497 e. The summed E-state index contributed by atoms with van der Waals surface area (Å²) in [6, 6.07) is 29.5. The Bertz CT molecular complexity index is 2130. The van der Waals surface area contributed by atoms with Gasteiger partial charge in [0.05, 0.1) is 14.2 Å². The molecule has 0 bridgehead atoms. The lowest BCUT2D eigenvalue weighted by Gasteiger charge is -2.08. The van der Waals surface area contributed by atoms with Crippen LogP contribution in [0.5, 0.6) is 11.5 Å². The molecule has 0 saturated heterocycles. The van der Waals surface area contributed by atoms with Crippen molar-refractivity contribution >= 4 is 48.6 Å². The molecule has 4 aromatic carbocycles. The maximum Gasteiger partial charge on any atom is 0.118 e. The Kier molecular flexibility index (Phi) is 11.4. The number of methoxy groups -OCH3 is 2. The number of nitrogens with zero attached hydrogens (tertiary/aromatic N) is 2. The fourth-order valence-corrected chi connectivity index (χ4v) is 6.03. The third kappa shape index (κ3) is 9.09. The molecule has 0 atom stereocenters. The number of rotatable bonds is 11. The lowest BCUT2D eigenvalue weighted by molar-refractivity contribution is 0.414. The Labute approximate surface area is 308 Å². The highest BCUT2D eigenvalue weighted by Gasteiger charge is 2.05. The SMILES string of the molecule is COc1ccc(/C=C/c2cc(C)c(/C=C/c3cncc(-c4cncc(/C=C/c5cc(C)c(/C=C/c6ccc(OC)cc6)cc5C)c4)c3)cc2C)cc1. The molecule has 0 aliphatic carbocycles. The molecule has 0 radical (unpaired) electrons.